The van der Waals surface area contributed by atoms with E-state index in [9.17, 15) is 18.3 Å². The molecule has 3 atom stereocenters. The summed E-state index contributed by atoms with van der Waals surface area (Å²) in [6.07, 6.45) is 1.77. The molecule has 0 bridgehead atoms. The Bertz CT molecular complexity index is 1030. The Morgan fingerprint density at radius 1 is 1.30 bits per heavy atom. The van der Waals surface area contributed by atoms with Crippen LogP contribution in [0.2, 0.25) is 0 Å². The molecule has 1 amide bonds. The molecule has 1 heterocycles. The maximum Gasteiger partial charge on any atom is 0.247 e. The van der Waals surface area contributed by atoms with E-state index in [-0.39, 0.29) is 42.2 Å². The minimum Gasteiger partial charge on any atom is -0.487 e. The van der Waals surface area contributed by atoms with E-state index in [0.717, 1.165) is 12.8 Å². The van der Waals surface area contributed by atoms with Gasteiger partial charge in [0.15, 0.2) is 0 Å². The number of rotatable bonds is 6. The minimum atomic E-state index is -3.89. The molecule has 8 nitrogen and oxygen atoms in total. The first-order valence-corrected chi connectivity index (χ1v) is 12.8. The molecule has 0 aromatic heterocycles. The van der Waals surface area contributed by atoms with Crippen molar-refractivity contribution >= 4 is 15.9 Å². The third-order valence-corrected chi connectivity index (χ3v) is 8.02. The number of ether oxygens (including phenoxy) is 1. The zero-order chi connectivity index (χ0) is 24.3. The summed E-state index contributed by atoms with van der Waals surface area (Å²) in [4.78, 5) is 16.0. The van der Waals surface area contributed by atoms with E-state index >= 15 is 0 Å². The lowest BCUT2D eigenvalue weighted by atomic mass is 10.0. The van der Waals surface area contributed by atoms with E-state index in [4.69, 9.17) is 4.74 Å². The molecular weight excluding hydrogens is 442 g/mol. The van der Waals surface area contributed by atoms with Crippen molar-refractivity contribution in [1.82, 2.24) is 14.1 Å². The molecule has 9 heteroatoms. The molecule has 1 saturated carbocycles. The molecule has 1 aromatic rings. The Kier molecular flexibility index (Phi) is 8.06. The first-order valence-electron chi connectivity index (χ1n) is 11.4. The summed E-state index contributed by atoms with van der Waals surface area (Å²) in [5.74, 6) is 6.70. The number of hydrogen-bond donors (Lipinski definition) is 1. The van der Waals surface area contributed by atoms with E-state index in [1.54, 1.807) is 35.9 Å². The number of aliphatic hydroxyl groups is 1. The second-order valence-electron chi connectivity index (χ2n) is 9.46. The van der Waals surface area contributed by atoms with Crippen molar-refractivity contribution in [2.24, 2.45) is 11.8 Å². The second-order valence-corrected chi connectivity index (χ2v) is 11.3. The third kappa shape index (κ3) is 6.27. The van der Waals surface area contributed by atoms with Gasteiger partial charge in [-0.3, -0.25) is 4.79 Å². The molecule has 1 N–H and O–H groups in total. The van der Waals surface area contributed by atoms with Gasteiger partial charge in [0.2, 0.25) is 15.9 Å². The molecule has 1 aliphatic carbocycles. The van der Waals surface area contributed by atoms with E-state index < -0.39 is 22.2 Å². The van der Waals surface area contributed by atoms with E-state index in [0.29, 0.717) is 18.0 Å². The van der Waals surface area contributed by atoms with Crippen LogP contribution in [0.3, 0.4) is 0 Å². The second kappa shape index (κ2) is 10.4. The van der Waals surface area contributed by atoms with Crippen LogP contribution in [-0.4, -0.2) is 93.1 Å². The first kappa shape index (κ1) is 25.5. The molecule has 0 spiro atoms. The summed E-state index contributed by atoms with van der Waals surface area (Å²) in [6.45, 7) is 4.06. The highest BCUT2D eigenvalue weighted by Crippen LogP contribution is 2.34. The van der Waals surface area contributed by atoms with Crippen LogP contribution in [0, 0.1) is 23.7 Å². The maximum absolute atomic E-state index is 13.5. The zero-order valence-corrected chi connectivity index (χ0v) is 20.9. The molecule has 33 heavy (non-hydrogen) atoms. The highest BCUT2D eigenvalue weighted by Gasteiger charge is 2.38. The van der Waals surface area contributed by atoms with Crippen molar-refractivity contribution in [2.75, 3.05) is 47.4 Å². The van der Waals surface area contributed by atoms with Gasteiger partial charge >= 0.3 is 0 Å². The number of nitrogens with zero attached hydrogens (tertiary/aromatic N) is 3. The molecule has 0 saturated heterocycles. The highest BCUT2D eigenvalue weighted by atomic mass is 32.2. The fourth-order valence-electron chi connectivity index (χ4n) is 3.70. The van der Waals surface area contributed by atoms with Gasteiger partial charge in [-0.15, -0.1) is 0 Å². The van der Waals surface area contributed by atoms with Crippen molar-refractivity contribution in [3.8, 4) is 17.6 Å². The normalized spacial score (nSPS) is 23.4. The monoisotopic (exact) mass is 477 g/mol. The largest absolute Gasteiger partial charge is 0.487 e. The number of carbonyl (C=O) groups is 1. The molecule has 1 aliphatic heterocycles. The van der Waals surface area contributed by atoms with E-state index in [1.165, 1.54) is 10.4 Å². The van der Waals surface area contributed by atoms with Gasteiger partial charge in [0.05, 0.1) is 19.7 Å². The van der Waals surface area contributed by atoms with Crippen molar-refractivity contribution in [2.45, 2.75) is 43.7 Å². The molecule has 3 rings (SSSR count). The SMILES string of the molecule is C[C@H]1CN([C@@H](C)CO)S(=O)(=O)c2ccc(C#CC3CC3)cc2O[C@H]1CN(C)C(=O)CN(C)C. The Morgan fingerprint density at radius 3 is 2.61 bits per heavy atom. The predicted molar refractivity (Wildman–Crippen MR) is 126 cm³/mol. The quantitative estimate of drug-likeness (QED) is 0.620. The van der Waals surface area contributed by atoms with Gasteiger partial charge in [0.1, 0.15) is 16.7 Å². The summed E-state index contributed by atoms with van der Waals surface area (Å²) in [7, 11) is 1.50. The van der Waals surface area contributed by atoms with Crippen LogP contribution in [0.25, 0.3) is 0 Å². The number of carbonyl (C=O) groups excluding carboxylic acids is 1. The van der Waals surface area contributed by atoms with Gasteiger partial charge in [-0.05, 0) is 52.1 Å². The van der Waals surface area contributed by atoms with Crippen molar-refractivity contribution in [3.05, 3.63) is 23.8 Å². The Morgan fingerprint density at radius 2 is 2.00 bits per heavy atom. The number of fused-ring (bicyclic) bond motifs is 1. The van der Waals surface area contributed by atoms with Gasteiger partial charge < -0.3 is 19.6 Å². The van der Waals surface area contributed by atoms with Crippen LogP contribution in [0.1, 0.15) is 32.3 Å². The summed E-state index contributed by atoms with van der Waals surface area (Å²) < 4.78 is 34.6. The summed E-state index contributed by atoms with van der Waals surface area (Å²) in [5.41, 5.74) is 0.696. The first-order chi connectivity index (χ1) is 15.5. The van der Waals surface area contributed by atoms with Crippen molar-refractivity contribution in [1.29, 1.82) is 0 Å². The van der Waals surface area contributed by atoms with Crippen LogP contribution in [-0.2, 0) is 14.8 Å². The van der Waals surface area contributed by atoms with Gasteiger partial charge in [-0.1, -0.05) is 18.8 Å². The fourth-order valence-corrected chi connectivity index (χ4v) is 5.52. The lowest BCUT2D eigenvalue weighted by Crippen LogP contribution is -2.50. The average molecular weight is 478 g/mol. The number of likely N-dealkylation sites (N-methyl/N-ethyl adjacent to an activating group) is 2. The number of sulfonamides is 1. The predicted octanol–water partition coefficient (Wildman–Crippen LogP) is 1.24. The van der Waals surface area contributed by atoms with E-state index in [1.807, 2.05) is 21.0 Å². The summed E-state index contributed by atoms with van der Waals surface area (Å²) in [5, 5.41) is 9.74. The topological polar surface area (TPSA) is 90.4 Å². The number of benzene rings is 1. The molecule has 0 unspecified atom stereocenters. The lowest BCUT2D eigenvalue weighted by Gasteiger charge is -2.37. The smallest absolute Gasteiger partial charge is 0.247 e. The fraction of sp³-hybridized carbons (Fsp3) is 0.625. The van der Waals surface area contributed by atoms with Gasteiger partial charge in [-0.25, -0.2) is 8.42 Å². The maximum atomic E-state index is 13.5. The lowest BCUT2D eigenvalue weighted by molar-refractivity contribution is -0.132. The molecule has 0 radical (unpaired) electrons. The van der Waals surface area contributed by atoms with Gasteiger partial charge in [-0.2, -0.15) is 4.31 Å². The number of hydrogen-bond acceptors (Lipinski definition) is 6. The standard InChI is InChI=1S/C24H35N3O5S/c1-17-13-27(18(2)16-28)33(30,31)23-11-10-20(9-8-19-6-7-19)12-21(23)32-22(17)14-26(5)24(29)15-25(3)4/h10-12,17-19,22,28H,6-7,13-16H2,1-5H3/t17-,18-,22-/m0/s1. The highest BCUT2D eigenvalue weighted by molar-refractivity contribution is 7.89. The van der Waals surface area contributed by atoms with Crippen molar-refractivity contribution < 1.29 is 23.1 Å². The zero-order valence-electron chi connectivity index (χ0n) is 20.1. The van der Waals surface area contributed by atoms with Crippen LogP contribution in [0.15, 0.2) is 23.1 Å². The summed E-state index contributed by atoms with van der Waals surface area (Å²) in [6, 6.07) is 4.32. The average Bonchev–Trinajstić information content (AvgIpc) is 3.58. The Balaban J connectivity index is 1.99. The van der Waals surface area contributed by atoms with Crippen LogP contribution < -0.4 is 4.74 Å². The number of aliphatic hydroxyl groups excluding tert-OH is 1. The minimum absolute atomic E-state index is 0.0460. The van der Waals surface area contributed by atoms with Crippen LogP contribution >= 0.6 is 0 Å². The summed E-state index contributed by atoms with van der Waals surface area (Å²) >= 11 is 0. The molecule has 2 aliphatic rings. The Labute approximate surface area is 197 Å². The molecule has 1 fully saturated rings. The van der Waals surface area contributed by atoms with Crippen LogP contribution in [0.4, 0.5) is 0 Å². The Hall–Kier alpha value is -2.12. The molecular formula is C24H35N3O5S. The van der Waals surface area contributed by atoms with Crippen LogP contribution in [0.5, 0.6) is 5.75 Å². The van der Waals surface area contributed by atoms with Crippen molar-refractivity contribution in [3.63, 3.8) is 0 Å². The van der Waals surface area contributed by atoms with Gasteiger partial charge in [0, 0.05) is 37.0 Å². The third-order valence-electron chi connectivity index (χ3n) is 6.00. The molecule has 1 aromatic carbocycles. The number of amides is 1. The molecule has 182 valence electrons. The van der Waals surface area contributed by atoms with Gasteiger partial charge in [0.25, 0.3) is 0 Å². The van der Waals surface area contributed by atoms with E-state index in [2.05, 4.69) is 11.8 Å².